The number of nitrogens with zero attached hydrogens (tertiary/aromatic N) is 2. The third-order valence-electron chi connectivity index (χ3n) is 9.37. The lowest BCUT2D eigenvalue weighted by atomic mass is 9.83. The van der Waals surface area contributed by atoms with Gasteiger partial charge in [-0.1, -0.05) is 71.2 Å². The van der Waals surface area contributed by atoms with E-state index in [-0.39, 0.29) is 18.0 Å². The van der Waals surface area contributed by atoms with E-state index in [1.807, 2.05) is 12.1 Å². The summed E-state index contributed by atoms with van der Waals surface area (Å²) in [5, 5.41) is 8.99. The highest BCUT2D eigenvalue weighted by Gasteiger charge is 2.41. The van der Waals surface area contributed by atoms with Crippen molar-refractivity contribution in [3.05, 3.63) is 103 Å². The van der Waals surface area contributed by atoms with Crippen molar-refractivity contribution in [2.45, 2.75) is 63.8 Å². The second kappa shape index (κ2) is 14.0. The molecule has 9 heteroatoms. The van der Waals surface area contributed by atoms with Gasteiger partial charge in [0.25, 0.3) is 5.91 Å². The number of rotatable bonds is 11. The Morgan fingerprint density at radius 1 is 0.978 bits per heavy atom. The van der Waals surface area contributed by atoms with Crippen LogP contribution in [0, 0.1) is 6.92 Å². The topological polar surface area (TPSA) is 56.8 Å². The van der Waals surface area contributed by atoms with E-state index in [9.17, 15) is 4.79 Å². The first-order valence-electron chi connectivity index (χ1n) is 15.8. The fourth-order valence-corrected chi connectivity index (χ4v) is 7.42. The minimum atomic E-state index is -0.0106. The fourth-order valence-electron chi connectivity index (χ4n) is 6.69. The van der Waals surface area contributed by atoms with Crippen LogP contribution in [0.15, 0.2) is 60.2 Å². The first-order chi connectivity index (χ1) is 21.7. The average Bonchev–Trinajstić information content (AvgIpc) is 3.88. The van der Waals surface area contributed by atoms with Gasteiger partial charge in [0.2, 0.25) is 0 Å². The molecule has 1 saturated carbocycles. The van der Waals surface area contributed by atoms with E-state index in [4.69, 9.17) is 39.5 Å². The van der Waals surface area contributed by atoms with Gasteiger partial charge in [-0.25, -0.2) is 0 Å². The Balaban J connectivity index is 1.22. The van der Waals surface area contributed by atoms with Gasteiger partial charge in [-0.15, -0.1) is 0 Å². The number of halogens is 3. The predicted molar refractivity (Wildman–Crippen MR) is 184 cm³/mol. The third-order valence-corrected chi connectivity index (χ3v) is 10.6. The molecule has 2 N–H and O–H groups in total. The maximum atomic E-state index is 14.5. The van der Waals surface area contributed by atoms with E-state index in [1.165, 1.54) is 11.1 Å². The molecule has 0 aromatic heterocycles. The molecule has 2 atom stereocenters. The number of carbonyl (C=O) groups excluding carboxylic acids is 1. The number of carbonyl (C=O) groups is 1. The van der Waals surface area contributed by atoms with Crippen molar-refractivity contribution in [2.24, 2.45) is 0 Å². The van der Waals surface area contributed by atoms with Gasteiger partial charge in [-0.05, 0) is 91.2 Å². The maximum Gasteiger partial charge on any atom is 0.252 e. The van der Waals surface area contributed by atoms with Gasteiger partial charge in [-0.2, -0.15) is 0 Å². The lowest BCUT2D eigenvalue weighted by Gasteiger charge is -2.41. The van der Waals surface area contributed by atoms with Crippen molar-refractivity contribution in [1.82, 2.24) is 20.4 Å². The molecule has 2 aliphatic heterocycles. The highest BCUT2D eigenvalue weighted by atomic mass is 35.5. The summed E-state index contributed by atoms with van der Waals surface area (Å²) in [5.74, 6) is 1.01. The summed E-state index contributed by atoms with van der Waals surface area (Å²) in [6, 6.07) is 19.0. The summed E-state index contributed by atoms with van der Waals surface area (Å²) >= 11 is 19.0. The molecule has 0 radical (unpaired) electrons. The Hall–Kier alpha value is -2.58. The SMILES string of the molecule is COc1cccc(CN(C(=O)C2=C(c3ccc(CN(C)CCc4c(Cl)ccc(Cl)c4Cl)cc3)C[C@H]3CNC[C@H]2N3)C2CC2)c1C. The van der Waals surface area contributed by atoms with Gasteiger partial charge in [0.1, 0.15) is 5.75 Å². The zero-order valence-corrected chi connectivity index (χ0v) is 28.4. The third kappa shape index (κ3) is 7.22. The van der Waals surface area contributed by atoms with Crippen molar-refractivity contribution < 1.29 is 9.53 Å². The second-order valence-corrected chi connectivity index (χ2v) is 13.8. The smallest absolute Gasteiger partial charge is 0.252 e. The summed E-state index contributed by atoms with van der Waals surface area (Å²) in [4.78, 5) is 18.9. The van der Waals surface area contributed by atoms with E-state index < -0.39 is 0 Å². The zero-order valence-electron chi connectivity index (χ0n) is 26.1. The Bertz CT molecular complexity index is 1590. The van der Waals surface area contributed by atoms with E-state index >= 15 is 0 Å². The lowest BCUT2D eigenvalue weighted by Crippen LogP contribution is -2.60. The molecule has 3 aliphatic rings. The summed E-state index contributed by atoms with van der Waals surface area (Å²) < 4.78 is 5.58. The molecule has 45 heavy (non-hydrogen) atoms. The molecule has 0 unspecified atom stereocenters. The van der Waals surface area contributed by atoms with Crippen LogP contribution >= 0.6 is 34.8 Å². The molecule has 238 valence electrons. The number of ether oxygens (including phenoxy) is 1. The fraction of sp³-hybridized carbons (Fsp3) is 0.417. The van der Waals surface area contributed by atoms with Gasteiger partial charge < -0.3 is 25.2 Å². The predicted octanol–water partition coefficient (Wildman–Crippen LogP) is 6.92. The van der Waals surface area contributed by atoms with Crippen LogP contribution in [0.1, 0.15) is 47.1 Å². The number of piperazine rings is 1. The highest BCUT2D eigenvalue weighted by Crippen LogP contribution is 2.37. The van der Waals surface area contributed by atoms with Crippen LogP contribution in [0.4, 0.5) is 0 Å². The molecule has 3 aromatic carbocycles. The Labute approximate surface area is 281 Å². The van der Waals surface area contributed by atoms with Gasteiger partial charge in [0.15, 0.2) is 0 Å². The maximum absolute atomic E-state index is 14.5. The number of nitrogens with one attached hydrogen (secondary N) is 2. The average molecular weight is 668 g/mol. The molecule has 2 heterocycles. The number of amides is 1. The van der Waals surface area contributed by atoms with Crippen LogP contribution in [0.2, 0.25) is 15.1 Å². The highest BCUT2D eigenvalue weighted by molar-refractivity contribution is 6.44. The molecule has 2 fully saturated rings. The van der Waals surface area contributed by atoms with E-state index in [2.05, 4.69) is 64.7 Å². The summed E-state index contributed by atoms with van der Waals surface area (Å²) in [6.45, 7) is 5.89. The van der Waals surface area contributed by atoms with Gasteiger partial charge in [0.05, 0.1) is 23.2 Å². The number of methoxy groups -OCH3 is 1. The zero-order chi connectivity index (χ0) is 31.7. The Morgan fingerprint density at radius 3 is 2.47 bits per heavy atom. The minimum Gasteiger partial charge on any atom is -0.496 e. The van der Waals surface area contributed by atoms with Crippen molar-refractivity contribution in [3.8, 4) is 5.75 Å². The number of hydrogen-bond acceptors (Lipinski definition) is 5. The Kier molecular flexibility index (Phi) is 10.1. The molecule has 1 aliphatic carbocycles. The van der Waals surface area contributed by atoms with Crippen LogP contribution in [-0.4, -0.2) is 67.6 Å². The normalized spacial score (nSPS) is 19.6. The van der Waals surface area contributed by atoms with Gasteiger partial charge in [0, 0.05) is 55.4 Å². The van der Waals surface area contributed by atoms with Gasteiger partial charge >= 0.3 is 0 Å². The lowest BCUT2D eigenvalue weighted by molar-refractivity contribution is -0.128. The molecule has 0 spiro atoms. The largest absolute Gasteiger partial charge is 0.496 e. The van der Waals surface area contributed by atoms with Crippen molar-refractivity contribution in [1.29, 1.82) is 0 Å². The molecule has 2 bridgehead atoms. The minimum absolute atomic E-state index is 0.0106. The van der Waals surface area contributed by atoms with E-state index in [0.29, 0.717) is 34.1 Å². The van der Waals surface area contributed by atoms with Crippen LogP contribution in [0.5, 0.6) is 5.75 Å². The first kappa shape index (κ1) is 32.4. The monoisotopic (exact) mass is 666 g/mol. The molecular weight excluding hydrogens is 627 g/mol. The number of fused-ring (bicyclic) bond motifs is 2. The van der Waals surface area contributed by atoms with E-state index in [1.54, 1.807) is 19.2 Å². The van der Waals surface area contributed by atoms with Crippen LogP contribution in [0.3, 0.4) is 0 Å². The number of benzene rings is 3. The van der Waals surface area contributed by atoms with Crippen LogP contribution in [0.25, 0.3) is 5.57 Å². The van der Waals surface area contributed by atoms with Crippen LogP contribution in [-0.2, 0) is 24.3 Å². The number of likely N-dealkylation sites (N-methyl/N-ethyl adjacent to an activating group) is 1. The van der Waals surface area contributed by atoms with Crippen molar-refractivity contribution >= 4 is 46.3 Å². The van der Waals surface area contributed by atoms with Gasteiger partial charge in [-0.3, -0.25) is 4.79 Å². The molecule has 6 rings (SSSR count). The molecule has 6 nitrogen and oxygen atoms in total. The molecule has 1 saturated heterocycles. The van der Waals surface area contributed by atoms with Crippen molar-refractivity contribution in [3.63, 3.8) is 0 Å². The first-order valence-corrected chi connectivity index (χ1v) is 16.9. The summed E-state index contributed by atoms with van der Waals surface area (Å²) in [6.07, 6.45) is 3.63. The summed E-state index contributed by atoms with van der Waals surface area (Å²) in [5.41, 5.74) is 7.53. The second-order valence-electron chi connectivity index (χ2n) is 12.6. The molecule has 1 amide bonds. The Morgan fingerprint density at radius 2 is 1.73 bits per heavy atom. The standard InChI is InChI=1S/C36H41Cl3N4O2/c1-22-25(5-4-6-33(22)45-3)21-43(27-11-12-27)36(44)34-29(17-26-18-40-19-32(34)41-26)24-9-7-23(8-10-24)20-42(2)16-15-28-30(37)13-14-31(38)35(28)39/h4-10,13-14,26-27,32,40-41H,11-12,15-21H2,1-3H3/t26-,32+/m0/s1. The number of hydrogen-bond donors (Lipinski definition) is 2. The molecular formula is C36H41Cl3N4O2. The van der Waals surface area contributed by atoms with E-state index in [0.717, 1.165) is 79.0 Å². The van der Waals surface area contributed by atoms with Crippen molar-refractivity contribution in [2.75, 3.05) is 33.8 Å². The molecule has 3 aromatic rings. The quantitative estimate of drug-likeness (QED) is 0.218. The summed E-state index contributed by atoms with van der Waals surface area (Å²) in [7, 11) is 3.79. The van der Waals surface area contributed by atoms with Crippen LogP contribution < -0.4 is 15.4 Å².